The van der Waals surface area contributed by atoms with Gasteiger partial charge in [0.2, 0.25) is 0 Å². The molecule has 0 atom stereocenters. The highest BCUT2D eigenvalue weighted by atomic mass is 16.4. The van der Waals surface area contributed by atoms with Crippen LogP contribution in [0.15, 0.2) is 18.2 Å². The fraction of sp³-hybridized carbons (Fsp3) is 0.429. The molecule has 1 aromatic rings. The lowest BCUT2D eigenvalue weighted by atomic mass is 9.93. The number of carboxylic acid groups (broad SMARTS) is 1. The van der Waals surface area contributed by atoms with Gasteiger partial charge in [-0.15, -0.1) is 0 Å². The number of phenolic OH excluding ortho intramolecular Hbond substituents is 1. The normalized spacial score (nSPS) is 17.0. The van der Waals surface area contributed by atoms with Crippen LogP contribution in [0.3, 0.4) is 0 Å². The molecular weight excluding hydrogens is 260 g/mol. The molecule has 0 spiro atoms. The van der Waals surface area contributed by atoms with Crippen LogP contribution in [-0.2, 0) is 0 Å². The van der Waals surface area contributed by atoms with Crippen molar-refractivity contribution in [3.05, 3.63) is 23.8 Å². The van der Waals surface area contributed by atoms with E-state index in [0.717, 1.165) is 12.5 Å². The molecule has 1 aliphatic rings. The number of nitrogens with zero attached hydrogens (tertiary/aromatic N) is 1. The van der Waals surface area contributed by atoms with Crippen molar-refractivity contribution in [2.24, 2.45) is 5.41 Å². The van der Waals surface area contributed by atoms with Crippen molar-refractivity contribution in [1.29, 1.82) is 0 Å². The third-order valence-corrected chi connectivity index (χ3v) is 3.45. The Bertz CT molecular complexity index is 554. The minimum Gasteiger partial charge on any atom is -0.506 e. The molecule has 1 aromatic carbocycles. The van der Waals surface area contributed by atoms with E-state index in [-0.39, 0.29) is 28.4 Å². The van der Waals surface area contributed by atoms with Gasteiger partial charge < -0.3 is 20.4 Å². The van der Waals surface area contributed by atoms with Gasteiger partial charge in [-0.1, -0.05) is 13.8 Å². The van der Waals surface area contributed by atoms with Crippen molar-refractivity contribution in [3.63, 3.8) is 0 Å². The van der Waals surface area contributed by atoms with Crippen molar-refractivity contribution in [3.8, 4) is 5.75 Å². The van der Waals surface area contributed by atoms with Gasteiger partial charge in [-0.2, -0.15) is 0 Å². The molecule has 3 N–H and O–H groups in total. The number of nitrogens with one attached hydrogen (secondary N) is 1. The average molecular weight is 278 g/mol. The summed E-state index contributed by atoms with van der Waals surface area (Å²) in [7, 11) is 0. The number of carboxylic acids is 1. The zero-order chi connectivity index (χ0) is 14.9. The predicted molar refractivity (Wildman–Crippen MR) is 74.1 cm³/mol. The van der Waals surface area contributed by atoms with Crippen molar-refractivity contribution >= 4 is 17.7 Å². The van der Waals surface area contributed by atoms with E-state index in [9.17, 15) is 14.7 Å². The molecule has 2 rings (SSSR count). The van der Waals surface area contributed by atoms with Crippen LogP contribution in [0.2, 0.25) is 0 Å². The van der Waals surface area contributed by atoms with Crippen LogP contribution < -0.4 is 5.32 Å². The van der Waals surface area contributed by atoms with Gasteiger partial charge in [0.25, 0.3) is 0 Å². The van der Waals surface area contributed by atoms with Gasteiger partial charge in [0.05, 0.1) is 11.3 Å². The summed E-state index contributed by atoms with van der Waals surface area (Å²) in [5.41, 5.74) is 0.291. The van der Waals surface area contributed by atoms with Crippen LogP contribution in [-0.4, -0.2) is 40.2 Å². The van der Waals surface area contributed by atoms with Crippen LogP contribution in [0, 0.1) is 5.41 Å². The Balaban J connectivity index is 2.07. The molecular formula is C14H18N2O4. The topological polar surface area (TPSA) is 89.9 Å². The molecule has 0 unspecified atom stereocenters. The number of hydrogen-bond donors (Lipinski definition) is 3. The van der Waals surface area contributed by atoms with Crippen molar-refractivity contribution < 1.29 is 19.8 Å². The van der Waals surface area contributed by atoms with Gasteiger partial charge >= 0.3 is 12.0 Å². The van der Waals surface area contributed by atoms with E-state index in [4.69, 9.17) is 5.11 Å². The summed E-state index contributed by atoms with van der Waals surface area (Å²) >= 11 is 0. The number of carbonyl (C=O) groups excluding carboxylic acids is 1. The van der Waals surface area contributed by atoms with Gasteiger partial charge in [-0.05, 0) is 30.0 Å². The number of phenols is 1. The standard InChI is InChI=1S/C14H18N2O4/c1-14(2)5-6-16(8-14)13(20)15-10-4-3-9(12(18)19)7-11(10)17/h3-4,7,17H,5-6,8H2,1-2H3,(H,15,20)(H,18,19). The molecule has 0 saturated carbocycles. The minimum atomic E-state index is -1.13. The zero-order valence-electron chi connectivity index (χ0n) is 11.5. The molecule has 2 amide bonds. The van der Waals surface area contributed by atoms with Crippen molar-refractivity contribution in [2.45, 2.75) is 20.3 Å². The monoisotopic (exact) mass is 278 g/mol. The van der Waals surface area contributed by atoms with Crippen LogP contribution in [0.4, 0.5) is 10.5 Å². The van der Waals surface area contributed by atoms with Crippen LogP contribution >= 0.6 is 0 Å². The zero-order valence-corrected chi connectivity index (χ0v) is 11.5. The summed E-state index contributed by atoms with van der Waals surface area (Å²) in [4.78, 5) is 24.5. The quantitative estimate of drug-likeness (QED) is 0.724. The van der Waals surface area contributed by atoms with Crippen LogP contribution in [0.25, 0.3) is 0 Å². The molecule has 1 heterocycles. The largest absolute Gasteiger partial charge is 0.506 e. The van der Waals surface area contributed by atoms with E-state index in [1.165, 1.54) is 12.1 Å². The second kappa shape index (κ2) is 5.03. The maximum atomic E-state index is 12.1. The molecule has 1 saturated heterocycles. The molecule has 6 nitrogen and oxygen atoms in total. The van der Waals surface area contributed by atoms with E-state index in [2.05, 4.69) is 19.2 Å². The lowest BCUT2D eigenvalue weighted by Gasteiger charge is -2.20. The highest BCUT2D eigenvalue weighted by molar-refractivity contribution is 5.93. The molecule has 108 valence electrons. The first kappa shape index (κ1) is 14.2. The number of amides is 2. The number of benzene rings is 1. The number of likely N-dealkylation sites (tertiary alicyclic amines) is 1. The van der Waals surface area contributed by atoms with E-state index in [1.54, 1.807) is 4.90 Å². The number of anilines is 1. The Morgan fingerprint density at radius 3 is 2.55 bits per heavy atom. The molecule has 20 heavy (non-hydrogen) atoms. The number of hydrogen-bond acceptors (Lipinski definition) is 3. The van der Waals surface area contributed by atoms with Crippen LogP contribution in [0.1, 0.15) is 30.6 Å². The first-order chi connectivity index (χ1) is 9.28. The number of urea groups is 1. The molecule has 1 aliphatic heterocycles. The van der Waals surface area contributed by atoms with Gasteiger partial charge in [-0.25, -0.2) is 9.59 Å². The molecule has 0 aromatic heterocycles. The van der Waals surface area contributed by atoms with Crippen LogP contribution in [0.5, 0.6) is 5.75 Å². The maximum absolute atomic E-state index is 12.1. The van der Waals surface area contributed by atoms with E-state index in [1.807, 2.05) is 0 Å². The number of carbonyl (C=O) groups is 2. The molecule has 1 fully saturated rings. The highest BCUT2D eigenvalue weighted by Crippen LogP contribution is 2.30. The highest BCUT2D eigenvalue weighted by Gasteiger charge is 2.32. The van der Waals surface area contributed by atoms with Crippen molar-refractivity contribution in [2.75, 3.05) is 18.4 Å². The minimum absolute atomic E-state index is 0.0252. The smallest absolute Gasteiger partial charge is 0.335 e. The molecule has 0 bridgehead atoms. The fourth-order valence-electron chi connectivity index (χ4n) is 2.25. The van der Waals surface area contributed by atoms with Gasteiger partial charge in [-0.3, -0.25) is 0 Å². The van der Waals surface area contributed by atoms with Crippen molar-refractivity contribution in [1.82, 2.24) is 4.90 Å². The Morgan fingerprint density at radius 1 is 1.35 bits per heavy atom. The Morgan fingerprint density at radius 2 is 2.05 bits per heavy atom. The van der Waals surface area contributed by atoms with E-state index >= 15 is 0 Å². The number of aromatic carboxylic acids is 1. The van der Waals surface area contributed by atoms with Gasteiger partial charge in [0.1, 0.15) is 5.75 Å². The average Bonchev–Trinajstić information content (AvgIpc) is 2.72. The Kier molecular flexibility index (Phi) is 3.57. The lowest BCUT2D eigenvalue weighted by Crippen LogP contribution is -2.34. The Hall–Kier alpha value is -2.24. The summed E-state index contributed by atoms with van der Waals surface area (Å²) in [5, 5.41) is 21.1. The summed E-state index contributed by atoms with van der Waals surface area (Å²) < 4.78 is 0. The van der Waals surface area contributed by atoms with E-state index < -0.39 is 5.97 Å². The summed E-state index contributed by atoms with van der Waals surface area (Å²) in [6.45, 7) is 5.53. The molecule has 6 heteroatoms. The van der Waals surface area contributed by atoms with E-state index in [0.29, 0.717) is 13.1 Å². The summed E-state index contributed by atoms with van der Waals surface area (Å²) in [6, 6.07) is 3.56. The fourth-order valence-corrected chi connectivity index (χ4v) is 2.25. The first-order valence-electron chi connectivity index (χ1n) is 6.41. The maximum Gasteiger partial charge on any atom is 0.335 e. The summed E-state index contributed by atoms with van der Waals surface area (Å²) in [6.07, 6.45) is 0.935. The number of rotatable bonds is 2. The second-order valence-corrected chi connectivity index (χ2v) is 5.80. The molecule has 0 radical (unpaired) electrons. The SMILES string of the molecule is CC1(C)CCN(C(=O)Nc2ccc(C(=O)O)cc2O)C1. The third-order valence-electron chi connectivity index (χ3n) is 3.45. The predicted octanol–water partition coefficient (Wildman–Crippen LogP) is 2.35. The summed E-state index contributed by atoms with van der Waals surface area (Å²) in [5.74, 6) is -1.38. The Labute approximate surface area is 117 Å². The van der Waals surface area contributed by atoms with Gasteiger partial charge in [0.15, 0.2) is 0 Å². The van der Waals surface area contributed by atoms with Gasteiger partial charge in [0, 0.05) is 13.1 Å². The second-order valence-electron chi connectivity index (χ2n) is 5.80. The molecule has 0 aliphatic carbocycles. The first-order valence-corrected chi connectivity index (χ1v) is 6.41. The third kappa shape index (κ3) is 3.01. The lowest BCUT2D eigenvalue weighted by molar-refractivity contribution is 0.0696. The number of aromatic hydroxyl groups is 1.